The van der Waals surface area contributed by atoms with Gasteiger partial charge in [0.05, 0.1) is 20.6 Å². The molecule has 0 spiro atoms. The van der Waals surface area contributed by atoms with Crippen LogP contribution in [0.4, 0.5) is 5.69 Å². The highest BCUT2D eigenvalue weighted by Gasteiger charge is 2.34. The van der Waals surface area contributed by atoms with Crippen LogP contribution < -0.4 is 9.62 Å². The third-order valence-corrected chi connectivity index (χ3v) is 10.5. The molecule has 1 aliphatic rings. The van der Waals surface area contributed by atoms with Crippen LogP contribution in [0.5, 0.6) is 0 Å². The number of anilines is 1. The zero-order chi connectivity index (χ0) is 30.6. The number of hydrogen-bond acceptors (Lipinski definition) is 4. The van der Waals surface area contributed by atoms with Crippen molar-refractivity contribution in [1.82, 2.24) is 10.2 Å². The summed E-state index contributed by atoms with van der Waals surface area (Å²) in [6.07, 6.45) is 3.78. The Labute approximate surface area is 266 Å². The Kier molecular flexibility index (Phi) is 10.7. The Morgan fingerprint density at radius 1 is 0.952 bits per heavy atom. The highest BCUT2D eigenvalue weighted by atomic mass is 35.5. The number of nitrogens with zero attached hydrogens (tertiary/aromatic N) is 2. The summed E-state index contributed by atoms with van der Waals surface area (Å²) in [4.78, 5) is 28.7. The molecule has 1 saturated carbocycles. The minimum atomic E-state index is -4.29. The summed E-state index contributed by atoms with van der Waals surface area (Å²) in [5, 5.41) is 3.86. The number of benzene rings is 3. The van der Waals surface area contributed by atoms with Gasteiger partial charge in [-0.05, 0) is 68.7 Å². The quantitative estimate of drug-likeness (QED) is 0.246. The van der Waals surface area contributed by atoms with E-state index < -0.39 is 28.5 Å². The molecule has 2 amide bonds. The van der Waals surface area contributed by atoms with Gasteiger partial charge < -0.3 is 10.2 Å². The van der Waals surface area contributed by atoms with E-state index in [-0.39, 0.29) is 39.1 Å². The maximum atomic E-state index is 14.1. The third kappa shape index (κ3) is 7.53. The summed E-state index contributed by atoms with van der Waals surface area (Å²) in [6, 6.07) is 14.7. The van der Waals surface area contributed by atoms with Crippen molar-refractivity contribution >= 4 is 73.9 Å². The van der Waals surface area contributed by atoms with E-state index in [1.165, 1.54) is 29.2 Å². The van der Waals surface area contributed by atoms with E-state index in [9.17, 15) is 18.0 Å². The van der Waals surface area contributed by atoms with Crippen LogP contribution in [0.25, 0.3) is 0 Å². The molecule has 0 heterocycles. The van der Waals surface area contributed by atoms with Crippen LogP contribution in [0.2, 0.25) is 20.1 Å². The largest absolute Gasteiger partial charge is 0.352 e. The molecule has 1 fully saturated rings. The molecule has 1 N–H and O–H groups in total. The van der Waals surface area contributed by atoms with Crippen molar-refractivity contribution < 1.29 is 18.0 Å². The van der Waals surface area contributed by atoms with Crippen LogP contribution in [0.3, 0.4) is 0 Å². The lowest BCUT2D eigenvalue weighted by Crippen LogP contribution is -2.52. The summed E-state index contributed by atoms with van der Waals surface area (Å²) in [5.74, 6) is -0.976. The van der Waals surface area contributed by atoms with Crippen LogP contribution in [-0.4, -0.2) is 43.8 Å². The zero-order valence-corrected chi connectivity index (χ0v) is 27.0. The van der Waals surface area contributed by atoms with Crippen LogP contribution >= 0.6 is 46.4 Å². The molecule has 224 valence electrons. The SMILES string of the molecule is Cc1ccc(S(=O)(=O)N(CC(=O)N(Cc2ccc(Cl)cc2Cl)[C@@H](C)C(=O)NC2CCCC2)c2cccc(Cl)c2Cl)cc1. The fraction of sp³-hybridized carbons (Fsp3) is 0.333. The molecule has 0 saturated heterocycles. The first-order valence-corrected chi connectivity index (χ1v) is 16.4. The first-order valence-electron chi connectivity index (χ1n) is 13.5. The van der Waals surface area contributed by atoms with Gasteiger partial charge >= 0.3 is 0 Å². The molecule has 12 heteroatoms. The average Bonchev–Trinajstić information content (AvgIpc) is 3.46. The minimum absolute atomic E-state index is 0.0260. The molecule has 4 rings (SSSR count). The van der Waals surface area contributed by atoms with Gasteiger partial charge in [0.15, 0.2) is 0 Å². The lowest BCUT2D eigenvalue weighted by molar-refractivity contribution is -0.139. The number of carbonyl (C=O) groups is 2. The van der Waals surface area contributed by atoms with Crippen LogP contribution in [0.1, 0.15) is 43.7 Å². The fourth-order valence-electron chi connectivity index (χ4n) is 4.84. The number of nitrogens with one attached hydrogen (secondary N) is 1. The van der Waals surface area contributed by atoms with Gasteiger partial charge in [0.2, 0.25) is 11.8 Å². The van der Waals surface area contributed by atoms with Gasteiger partial charge in [0.25, 0.3) is 10.0 Å². The summed E-state index contributed by atoms with van der Waals surface area (Å²) in [7, 11) is -4.29. The predicted molar refractivity (Wildman–Crippen MR) is 169 cm³/mol. The van der Waals surface area contributed by atoms with Gasteiger partial charge in [-0.2, -0.15) is 0 Å². The zero-order valence-electron chi connectivity index (χ0n) is 23.1. The molecular formula is C30H31Cl4N3O4S. The second kappa shape index (κ2) is 13.9. The van der Waals surface area contributed by atoms with Crippen molar-refractivity contribution in [2.24, 2.45) is 0 Å². The molecule has 1 aliphatic carbocycles. The molecule has 3 aromatic rings. The molecule has 42 heavy (non-hydrogen) atoms. The number of sulfonamides is 1. The summed E-state index contributed by atoms with van der Waals surface area (Å²) >= 11 is 25.3. The Balaban J connectivity index is 1.74. The topological polar surface area (TPSA) is 86.8 Å². The Morgan fingerprint density at radius 2 is 1.62 bits per heavy atom. The van der Waals surface area contributed by atoms with Crippen molar-refractivity contribution in [1.29, 1.82) is 0 Å². The molecule has 0 unspecified atom stereocenters. The van der Waals surface area contributed by atoms with Crippen molar-refractivity contribution in [2.75, 3.05) is 10.8 Å². The summed E-state index contributed by atoms with van der Waals surface area (Å²) < 4.78 is 28.9. The molecule has 1 atom stereocenters. The lowest BCUT2D eigenvalue weighted by Gasteiger charge is -2.33. The minimum Gasteiger partial charge on any atom is -0.352 e. The van der Waals surface area contributed by atoms with E-state index in [1.54, 1.807) is 43.3 Å². The van der Waals surface area contributed by atoms with Crippen LogP contribution in [0.15, 0.2) is 65.6 Å². The fourth-order valence-corrected chi connectivity index (χ4v) is 7.19. The highest BCUT2D eigenvalue weighted by molar-refractivity contribution is 7.92. The first kappa shape index (κ1) is 32.4. The number of hydrogen-bond donors (Lipinski definition) is 1. The summed E-state index contributed by atoms with van der Waals surface area (Å²) in [6.45, 7) is 2.73. The van der Waals surface area contributed by atoms with Gasteiger partial charge in [-0.15, -0.1) is 0 Å². The van der Waals surface area contributed by atoms with Gasteiger partial charge in [-0.3, -0.25) is 13.9 Å². The average molecular weight is 671 g/mol. The Morgan fingerprint density at radius 3 is 2.26 bits per heavy atom. The summed E-state index contributed by atoms with van der Waals surface area (Å²) in [5.41, 5.74) is 1.44. The van der Waals surface area contributed by atoms with Crippen molar-refractivity contribution in [3.8, 4) is 0 Å². The molecular weight excluding hydrogens is 640 g/mol. The maximum absolute atomic E-state index is 14.1. The number of carbonyl (C=O) groups excluding carboxylic acids is 2. The number of aryl methyl sites for hydroxylation is 1. The van der Waals surface area contributed by atoms with E-state index >= 15 is 0 Å². The molecule has 0 radical (unpaired) electrons. The second-order valence-electron chi connectivity index (χ2n) is 10.3. The predicted octanol–water partition coefficient (Wildman–Crippen LogP) is 7.28. The third-order valence-electron chi connectivity index (χ3n) is 7.31. The number of halogens is 4. The van der Waals surface area contributed by atoms with E-state index in [0.29, 0.717) is 15.6 Å². The van der Waals surface area contributed by atoms with E-state index in [1.807, 2.05) is 6.92 Å². The monoisotopic (exact) mass is 669 g/mol. The Bertz CT molecular complexity index is 1560. The van der Waals surface area contributed by atoms with Gasteiger partial charge in [-0.25, -0.2) is 8.42 Å². The molecule has 3 aromatic carbocycles. The molecule has 7 nitrogen and oxygen atoms in total. The van der Waals surface area contributed by atoms with Gasteiger partial charge in [0.1, 0.15) is 12.6 Å². The smallest absolute Gasteiger partial charge is 0.264 e. The van der Waals surface area contributed by atoms with Crippen molar-refractivity contribution in [2.45, 2.75) is 63.1 Å². The number of rotatable bonds is 10. The molecule has 0 aliphatic heterocycles. The van der Waals surface area contributed by atoms with Gasteiger partial charge in [-0.1, -0.05) is 89.1 Å². The van der Waals surface area contributed by atoms with E-state index in [2.05, 4.69) is 5.32 Å². The Hall–Kier alpha value is -2.49. The lowest BCUT2D eigenvalue weighted by atomic mass is 10.1. The van der Waals surface area contributed by atoms with Gasteiger partial charge in [0, 0.05) is 22.6 Å². The van der Waals surface area contributed by atoms with Crippen LogP contribution in [-0.2, 0) is 26.2 Å². The highest BCUT2D eigenvalue weighted by Crippen LogP contribution is 2.36. The van der Waals surface area contributed by atoms with E-state index in [0.717, 1.165) is 35.6 Å². The number of amides is 2. The molecule has 0 bridgehead atoms. The van der Waals surface area contributed by atoms with Crippen LogP contribution in [0, 0.1) is 6.92 Å². The first-order chi connectivity index (χ1) is 19.9. The van der Waals surface area contributed by atoms with E-state index in [4.69, 9.17) is 46.4 Å². The second-order valence-corrected chi connectivity index (χ2v) is 13.8. The standard InChI is InChI=1S/C30H31Cl4N3O4S/c1-19-10-14-24(15-11-19)42(40,41)37(27-9-5-8-25(32)29(27)34)18-28(38)36(17-21-12-13-22(31)16-26(21)33)20(2)30(39)35-23-6-3-4-7-23/h5,8-16,20,23H,3-4,6-7,17-18H2,1-2H3,(H,35,39)/t20-/m0/s1. The van der Waals surface area contributed by atoms with Crippen molar-refractivity contribution in [3.63, 3.8) is 0 Å². The van der Waals surface area contributed by atoms with Crippen molar-refractivity contribution in [3.05, 3.63) is 91.9 Å². The molecule has 0 aromatic heterocycles. The maximum Gasteiger partial charge on any atom is 0.264 e. The normalized spacial score (nSPS) is 14.4.